The van der Waals surface area contributed by atoms with Gasteiger partial charge in [-0.15, -0.1) is 0 Å². The molecule has 18 heavy (non-hydrogen) atoms. The Morgan fingerprint density at radius 2 is 2.17 bits per heavy atom. The van der Waals surface area contributed by atoms with Crippen molar-refractivity contribution >= 4 is 28.8 Å². The van der Waals surface area contributed by atoms with Crippen molar-refractivity contribution in [1.82, 2.24) is 4.98 Å². The lowest BCUT2D eigenvalue weighted by atomic mass is 10.2. The number of hydrogen-bond acceptors (Lipinski definition) is 3. The molecule has 0 spiro atoms. The molecule has 0 aliphatic carbocycles. The van der Waals surface area contributed by atoms with E-state index in [1.54, 1.807) is 24.4 Å². The first-order valence-corrected chi connectivity index (χ1v) is 6.07. The maximum Gasteiger partial charge on any atom is 0.138 e. The third kappa shape index (κ3) is 3.18. The summed E-state index contributed by atoms with van der Waals surface area (Å²) in [4.78, 5) is 4.47. The van der Waals surface area contributed by atoms with Crippen LogP contribution in [0.2, 0.25) is 5.02 Å². The fourth-order valence-electron chi connectivity index (χ4n) is 1.41. The van der Waals surface area contributed by atoms with Crippen LogP contribution < -0.4 is 10.5 Å². The maximum absolute atomic E-state index is 6.08. The van der Waals surface area contributed by atoms with E-state index in [0.717, 1.165) is 11.3 Å². The molecule has 5 heteroatoms. The molecule has 1 heterocycles. The van der Waals surface area contributed by atoms with Gasteiger partial charge >= 0.3 is 0 Å². The topological polar surface area (TPSA) is 48.1 Å². The fraction of sp³-hybridized carbons (Fsp3) is 0.0769. The number of thiocarbonyl (C=S) groups is 1. The number of nitrogens with two attached hydrogens (primary N) is 1. The summed E-state index contributed by atoms with van der Waals surface area (Å²) in [5.41, 5.74) is 7.08. The Hall–Kier alpha value is -1.65. The summed E-state index contributed by atoms with van der Waals surface area (Å²) in [7, 11) is 0. The van der Waals surface area contributed by atoms with Crippen LogP contribution in [0.3, 0.4) is 0 Å². The van der Waals surface area contributed by atoms with Gasteiger partial charge in [-0.2, -0.15) is 0 Å². The molecule has 0 unspecified atom stereocenters. The van der Waals surface area contributed by atoms with Crippen LogP contribution in [0.1, 0.15) is 11.3 Å². The van der Waals surface area contributed by atoms with Gasteiger partial charge in [0.2, 0.25) is 0 Å². The van der Waals surface area contributed by atoms with Crippen molar-refractivity contribution in [3.8, 4) is 5.75 Å². The second-order valence-corrected chi connectivity index (χ2v) is 4.47. The lowest BCUT2D eigenvalue weighted by molar-refractivity contribution is 0.301. The van der Waals surface area contributed by atoms with Crippen molar-refractivity contribution in [2.75, 3.05) is 0 Å². The van der Waals surface area contributed by atoms with E-state index < -0.39 is 0 Å². The van der Waals surface area contributed by atoms with E-state index in [9.17, 15) is 0 Å². The van der Waals surface area contributed by atoms with E-state index in [-0.39, 0.29) is 0 Å². The zero-order chi connectivity index (χ0) is 13.0. The number of aromatic nitrogens is 1. The van der Waals surface area contributed by atoms with Gasteiger partial charge in [0.1, 0.15) is 17.3 Å². The summed E-state index contributed by atoms with van der Waals surface area (Å²) in [6.45, 7) is 0.368. The van der Waals surface area contributed by atoms with Crippen LogP contribution in [-0.2, 0) is 6.61 Å². The van der Waals surface area contributed by atoms with Crippen LogP contribution in [-0.4, -0.2) is 9.97 Å². The van der Waals surface area contributed by atoms with Gasteiger partial charge in [0.25, 0.3) is 0 Å². The summed E-state index contributed by atoms with van der Waals surface area (Å²) in [5, 5.41) is 0.483. The van der Waals surface area contributed by atoms with Crippen LogP contribution in [0.25, 0.3) is 0 Å². The molecule has 0 radical (unpaired) electrons. The minimum Gasteiger partial charge on any atom is -0.486 e. The number of nitrogens with zero attached hydrogens (tertiary/aromatic N) is 1. The summed E-state index contributed by atoms with van der Waals surface area (Å²) >= 11 is 11.0. The largest absolute Gasteiger partial charge is 0.486 e. The van der Waals surface area contributed by atoms with Gasteiger partial charge in [0.15, 0.2) is 0 Å². The first kappa shape index (κ1) is 12.8. The highest BCUT2D eigenvalue weighted by atomic mass is 35.5. The van der Waals surface area contributed by atoms with E-state index in [0.29, 0.717) is 22.4 Å². The van der Waals surface area contributed by atoms with Gasteiger partial charge in [-0.25, -0.2) is 0 Å². The molecule has 0 aliphatic rings. The minimum absolute atomic E-state index is 0.313. The molecule has 1 aromatic carbocycles. The molecule has 0 saturated carbocycles. The minimum atomic E-state index is 0.313. The van der Waals surface area contributed by atoms with E-state index >= 15 is 0 Å². The monoisotopic (exact) mass is 278 g/mol. The van der Waals surface area contributed by atoms with Crippen molar-refractivity contribution < 1.29 is 4.74 Å². The average Bonchev–Trinajstić information content (AvgIpc) is 2.38. The molecular weight excluding hydrogens is 268 g/mol. The molecule has 0 saturated heterocycles. The Labute approximate surface area is 116 Å². The molecule has 1 aromatic heterocycles. The number of pyridine rings is 1. The van der Waals surface area contributed by atoms with Crippen LogP contribution in [0, 0.1) is 0 Å². The Morgan fingerprint density at radius 1 is 1.33 bits per heavy atom. The molecule has 0 atom stereocenters. The molecular formula is C13H11ClN2OS. The predicted octanol–water partition coefficient (Wildman–Crippen LogP) is 2.95. The SMILES string of the molecule is NC(=S)c1ccc(OCc2ccccn2)c(Cl)c1. The molecule has 0 bridgehead atoms. The standard InChI is InChI=1S/C13H11ClN2OS/c14-11-7-9(13(15)18)4-5-12(11)17-8-10-3-1-2-6-16-10/h1-7H,8H2,(H2,15,18). The third-order valence-electron chi connectivity index (χ3n) is 2.32. The highest BCUT2D eigenvalue weighted by Crippen LogP contribution is 2.26. The fourth-order valence-corrected chi connectivity index (χ4v) is 1.77. The van der Waals surface area contributed by atoms with Crippen molar-refractivity contribution in [2.45, 2.75) is 6.61 Å². The van der Waals surface area contributed by atoms with Crippen molar-refractivity contribution in [3.05, 3.63) is 58.9 Å². The number of hydrogen-bond donors (Lipinski definition) is 1. The van der Waals surface area contributed by atoms with Crippen LogP contribution in [0.4, 0.5) is 0 Å². The lowest BCUT2D eigenvalue weighted by Gasteiger charge is -2.08. The summed E-state index contributed by atoms with van der Waals surface area (Å²) in [6, 6.07) is 10.9. The smallest absolute Gasteiger partial charge is 0.138 e. The van der Waals surface area contributed by atoms with Gasteiger partial charge in [0.05, 0.1) is 10.7 Å². The summed E-state index contributed by atoms with van der Waals surface area (Å²) in [5.74, 6) is 0.585. The molecule has 2 aromatic rings. The first-order valence-electron chi connectivity index (χ1n) is 5.29. The van der Waals surface area contributed by atoms with Crippen molar-refractivity contribution in [1.29, 1.82) is 0 Å². The molecule has 0 fully saturated rings. The number of rotatable bonds is 4. The van der Waals surface area contributed by atoms with Crippen molar-refractivity contribution in [3.63, 3.8) is 0 Å². The number of halogens is 1. The highest BCUT2D eigenvalue weighted by Gasteiger charge is 2.05. The van der Waals surface area contributed by atoms with Gasteiger partial charge in [-0.3, -0.25) is 4.98 Å². The predicted molar refractivity (Wildman–Crippen MR) is 75.9 cm³/mol. The van der Waals surface area contributed by atoms with E-state index in [2.05, 4.69) is 4.98 Å². The Balaban J connectivity index is 2.08. The molecule has 0 aliphatic heterocycles. The zero-order valence-corrected chi connectivity index (χ0v) is 11.0. The first-order chi connectivity index (χ1) is 8.66. The van der Waals surface area contributed by atoms with Crippen LogP contribution in [0.15, 0.2) is 42.6 Å². The molecule has 0 amide bonds. The quantitative estimate of drug-likeness (QED) is 0.874. The Bertz CT molecular complexity index is 560. The highest BCUT2D eigenvalue weighted by molar-refractivity contribution is 7.80. The van der Waals surface area contributed by atoms with E-state index in [1.807, 2.05) is 18.2 Å². The molecule has 92 valence electrons. The number of benzene rings is 1. The number of ether oxygens (including phenoxy) is 1. The normalized spacial score (nSPS) is 10.1. The molecule has 2 N–H and O–H groups in total. The molecule has 2 rings (SSSR count). The van der Waals surface area contributed by atoms with E-state index in [4.69, 9.17) is 34.3 Å². The lowest BCUT2D eigenvalue weighted by Crippen LogP contribution is -2.09. The Morgan fingerprint density at radius 3 is 2.78 bits per heavy atom. The second kappa shape index (κ2) is 5.80. The van der Waals surface area contributed by atoms with E-state index in [1.165, 1.54) is 0 Å². The van der Waals surface area contributed by atoms with Gasteiger partial charge < -0.3 is 10.5 Å². The van der Waals surface area contributed by atoms with Crippen LogP contribution in [0.5, 0.6) is 5.75 Å². The summed E-state index contributed by atoms with van der Waals surface area (Å²) in [6.07, 6.45) is 1.72. The Kier molecular flexibility index (Phi) is 4.12. The summed E-state index contributed by atoms with van der Waals surface area (Å²) < 4.78 is 5.58. The average molecular weight is 279 g/mol. The molecule has 3 nitrogen and oxygen atoms in total. The second-order valence-electron chi connectivity index (χ2n) is 3.62. The third-order valence-corrected chi connectivity index (χ3v) is 2.85. The maximum atomic E-state index is 6.08. The van der Waals surface area contributed by atoms with Crippen molar-refractivity contribution in [2.24, 2.45) is 5.73 Å². The van der Waals surface area contributed by atoms with Gasteiger partial charge in [-0.1, -0.05) is 29.9 Å². The zero-order valence-electron chi connectivity index (χ0n) is 9.47. The van der Waals surface area contributed by atoms with Crippen LogP contribution >= 0.6 is 23.8 Å². The van der Waals surface area contributed by atoms with Gasteiger partial charge in [-0.05, 0) is 30.3 Å². The van der Waals surface area contributed by atoms with Gasteiger partial charge in [0, 0.05) is 11.8 Å².